The number of carbonyl (C=O) groups is 3. The smallest absolute Gasteiger partial charge is 0.255 e. The molecule has 1 aromatic rings. The molecule has 0 saturated carbocycles. The van der Waals surface area contributed by atoms with Gasteiger partial charge in [0.25, 0.3) is 5.91 Å². The number of aliphatic hydroxyl groups is 2. The maximum Gasteiger partial charge on any atom is 0.255 e. The van der Waals surface area contributed by atoms with Crippen molar-refractivity contribution in [3.8, 4) is 11.5 Å². The summed E-state index contributed by atoms with van der Waals surface area (Å²) in [6.45, 7) is 5.50. The number of carbonyl (C=O) groups excluding carboxylic acids is 3. The zero-order valence-corrected chi connectivity index (χ0v) is 19.3. The van der Waals surface area contributed by atoms with Crippen molar-refractivity contribution in [1.82, 2.24) is 10.2 Å². The third-order valence-electron chi connectivity index (χ3n) is 5.62. The Balaban J connectivity index is 2.38. The molecule has 4 atom stereocenters. The van der Waals surface area contributed by atoms with Crippen LogP contribution < -0.4 is 10.1 Å². The molecule has 1 heterocycles. The Hall–Kier alpha value is -3.17. The lowest BCUT2D eigenvalue weighted by atomic mass is 9.97. The van der Waals surface area contributed by atoms with Crippen molar-refractivity contribution in [1.29, 1.82) is 0 Å². The van der Waals surface area contributed by atoms with Gasteiger partial charge in [-0.05, 0) is 37.0 Å². The number of likely N-dealkylation sites (N-methyl/N-ethyl adjacent to an activating group) is 1. The number of rotatable bonds is 4. The van der Waals surface area contributed by atoms with Gasteiger partial charge in [0.1, 0.15) is 24.2 Å². The number of aliphatic hydroxyl groups excluding tert-OH is 2. The molecule has 2 rings (SSSR count). The van der Waals surface area contributed by atoms with E-state index in [1.54, 1.807) is 33.0 Å². The molecule has 180 valence electrons. The van der Waals surface area contributed by atoms with E-state index in [2.05, 4.69) is 5.32 Å². The van der Waals surface area contributed by atoms with E-state index in [1.165, 1.54) is 36.1 Å². The van der Waals surface area contributed by atoms with Crippen molar-refractivity contribution in [2.75, 3.05) is 20.2 Å². The first-order valence-electron chi connectivity index (χ1n) is 10.8. The van der Waals surface area contributed by atoms with Gasteiger partial charge < -0.3 is 30.3 Å². The molecule has 0 saturated heterocycles. The highest BCUT2D eigenvalue weighted by Crippen LogP contribution is 2.30. The summed E-state index contributed by atoms with van der Waals surface area (Å²) in [5, 5.41) is 33.6. The van der Waals surface area contributed by atoms with Crippen molar-refractivity contribution in [2.24, 2.45) is 5.92 Å². The van der Waals surface area contributed by atoms with Crippen LogP contribution in [0.25, 0.3) is 6.08 Å². The normalized spacial score (nSPS) is 25.9. The number of benzene rings is 1. The highest BCUT2D eigenvalue weighted by molar-refractivity contribution is 6.01. The van der Waals surface area contributed by atoms with E-state index >= 15 is 0 Å². The Kier molecular flexibility index (Phi) is 9.19. The molecule has 0 unspecified atom stereocenters. The summed E-state index contributed by atoms with van der Waals surface area (Å²) in [6.07, 6.45) is 2.81. The predicted octanol–water partition coefficient (Wildman–Crippen LogP) is 1.27. The predicted molar refractivity (Wildman–Crippen MR) is 123 cm³/mol. The summed E-state index contributed by atoms with van der Waals surface area (Å²) in [4.78, 5) is 37.9. The number of ketones is 1. The molecule has 9 nitrogen and oxygen atoms in total. The molecule has 0 spiro atoms. The van der Waals surface area contributed by atoms with Crippen molar-refractivity contribution < 1.29 is 34.4 Å². The molecular formula is C24H32N2O7. The van der Waals surface area contributed by atoms with Crippen molar-refractivity contribution >= 4 is 23.7 Å². The van der Waals surface area contributed by atoms with E-state index < -0.39 is 23.9 Å². The molecule has 0 fully saturated rings. The van der Waals surface area contributed by atoms with Crippen molar-refractivity contribution in [3.05, 3.63) is 41.5 Å². The van der Waals surface area contributed by atoms with E-state index in [4.69, 9.17) is 4.74 Å². The zero-order chi connectivity index (χ0) is 24.7. The average Bonchev–Trinajstić information content (AvgIpc) is 2.75. The van der Waals surface area contributed by atoms with Gasteiger partial charge in [-0.2, -0.15) is 0 Å². The van der Waals surface area contributed by atoms with Crippen LogP contribution in [0, 0.1) is 5.92 Å². The van der Waals surface area contributed by atoms with Gasteiger partial charge in [0.15, 0.2) is 5.78 Å². The second kappa shape index (κ2) is 11.6. The Bertz CT molecular complexity index is 941. The van der Waals surface area contributed by atoms with Gasteiger partial charge >= 0.3 is 0 Å². The molecule has 1 aromatic carbocycles. The van der Waals surface area contributed by atoms with Crippen LogP contribution in [-0.2, 0) is 9.59 Å². The minimum Gasteiger partial charge on any atom is -0.507 e. The summed E-state index contributed by atoms with van der Waals surface area (Å²) < 4.78 is 5.65. The van der Waals surface area contributed by atoms with Gasteiger partial charge in [-0.3, -0.25) is 14.4 Å². The quantitative estimate of drug-likeness (QED) is 0.531. The van der Waals surface area contributed by atoms with Gasteiger partial charge in [0.2, 0.25) is 5.91 Å². The second-order valence-electron chi connectivity index (χ2n) is 8.23. The highest BCUT2D eigenvalue weighted by atomic mass is 16.5. The first kappa shape index (κ1) is 26.1. The molecule has 9 heteroatoms. The number of ether oxygens (including phenoxy) is 1. The number of fused-ring (bicyclic) bond motifs is 1. The van der Waals surface area contributed by atoms with Gasteiger partial charge in [0, 0.05) is 26.1 Å². The fourth-order valence-electron chi connectivity index (χ4n) is 3.12. The summed E-state index contributed by atoms with van der Waals surface area (Å²) in [5.74, 6) is -1.49. The fourth-order valence-corrected chi connectivity index (χ4v) is 3.12. The minimum absolute atomic E-state index is 0.0330. The molecule has 4 N–H and O–H groups in total. The standard InChI is InChI=1S/C24H32N2O7/c1-14-8-9-20(29)23(31)19(28)7-5-6-17-12-18(33-11-10-26(4)16(3)27)13-21(30)22(17)24(32)25-15(14)2/h5-6,8-9,12-15,19,23,28,30-31H,7,10-11H2,1-4H3,(H,25,32)/b6-5+,9-8-/t14-,15+,19+,23+/m1/s1. The molecule has 0 aliphatic carbocycles. The van der Waals surface area contributed by atoms with Gasteiger partial charge in [-0.25, -0.2) is 0 Å². The maximum absolute atomic E-state index is 13.0. The van der Waals surface area contributed by atoms with E-state index in [0.717, 1.165) is 0 Å². The third-order valence-corrected chi connectivity index (χ3v) is 5.62. The number of phenolic OH excluding ortho intramolecular Hbond substituents is 1. The van der Waals surface area contributed by atoms with Gasteiger partial charge in [-0.15, -0.1) is 0 Å². The number of hydrogen-bond donors (Lipinski definition) is 4. The lowest BCUT2D eigenvalue weighted by Crippen LogP contribution is -2.37. The van der Waals surface area contributed by atoms with E-state index in [9.17, 15) is 29.7 Å². The molecule has 0 radical (unpaired) electrons. The first-order chi connectivity index (χ1) is 15.5. The molecule has 0 aromatic heterocycles. The third kappa shape index (κ3) is 7.16. The monoisotopic (exact) mass is 460 g/mol. The molecule has 33 heavy (non-hydrogen) atoms. The summed E-state index contributed by atoms with van der Waals surface area (Å²) in [5.41, 5.74) is 0.369. The SMILES string of the molecule is CC(=O)N(C)CCOc1cc(O)c2c(c1)/C=C/C[C@H](O)[C@H](O)C(=O)/C=C\[C@@H](C)[C@H](C)NC2=O. The largest absolute Gasteiger partial charge is 0.507 e. The van der Waals surface area contributed by atoms with E-state index in [1.807, 2.05) is 0 Å². The number of hydrogen-bond acceptors (Lipinski definition) is 7. The Morgan fingerprint density at radius 1 is 1.21 bits per heavy atom. The fraction of sp³-hybridized carbons (Fsp3) is 0.458. The first-order valence-corrected chi connectivity index (χ1v) is 10.8. The highest BCUT2D eigenvalue weighted by Gasteiger charge is 2.24. The number of nitrogens with one attached hydrogen (secondary N) is 1. The summed E-state index contributed by atoms with van der Waals surface area (Å²) >= 11 is 0. The number of nitrogens with zero attached hydrogens (tertiary/aromatic N) is 1. The molecule has 0 bridgehead atoms. The Morgan fingerprint density at radius 3 is 2.58 bits per heavy atom. The number of amides is 2. The molecule has 1 aliphatic heterocycles. The van der Waals surface area contributed by atoms with Crippen LogP contribution in [0.15, 0.2) is 30.4 Å². The Labute approximate surface area is 193 Å². The van der Waals surface area contributed by atoms with Crippen LogP contribution in [0.2, 0.25) is 0 Å². The summed E-state index contributed by atoms with van der Waals surface area (Å²) in [7, 11) is 1.64. The second-order valence-corrected chi connectivity index (χ2v) is 8.23. The molecular weight excluding hydrogens is 428 g/mol. The Morgan fingerprint density at radius 2 is 1.91 bits per heavy atom. The van der Waals surface area contributed by atoms with E-state index in [0.29, 0.717) is 17.9 Å². The van der Waals surface area contributed by atoms with Crippen molar-refractivity contribution in [2.45, 2.75) is 45.4 Å². The maximum atomic E-state index is 13.0. The average molecular weight is 461 g/mol. The topological polar surface area (TPSA) is 136 Å². The van der Waals surface area contributed by atoms with Crippen LogP contribution in [0.4, 0.5) is 0 Å². The van der Waals surface area contributed by atoms with Crippen LogP contribution in [0.3, 0.4) is 0 Å². The zero-order valence-electron chi connectivity index (χ0n) is 19.3. The number of aromatic hydroxyl groups is 1. The lowest BCUT2D eigenvalue weighted by Gasteiger charge is -2.21. The van der Waals surface area contributed by atoms with E-state index in [-0.39, 0.29) is 42.2 Å². The van der Waals surface area contributed by atoms with Gasteiger partial charge in [0.05, 0.1) is 18.2 Å². The molecule has 1 aliphatic rings. The van der Waals surface area contributed by atoms with Crippen LogP contribution >= 0.6 is 0 Å². The number of phenols is 1. The lowest BCUT2D eigenvalue weighted by molar-refractivity contribution is -0.128. The van der Waals surface area contributed by atoms with Crippen LogP contribution in [-0.4, -0.2) is 76.3 Å². The van der Waals surface area contributed by atoms with Crippen LogP contribution in [0.1, 0.15) is 43.1 Å². The molecule has 2 amide bonds. The summed E-state index contributed by atoms with van der Waals surface area (Å²) in [6, 6.07) is 2.50. The van der Waals surface area contributed by atoms with Crippen molar-refractivity contribution in [3.63, 3.8) is 0 Å². The van der Waals surface area contributed by atoms with Crippen LogP contribution in [0.5, 0.6) is 11.5 Å². The minimum atomic E-state index is -1.58. The van der Waals surface area contributed by atoms with Gasteiger partial charge in [-0.1, -0.05) is 25.2 Å².